The van der Waals surface area contributed by atoms with E-state index >= 15 is 0 Å². The first kappa shape index (κ1) is 13.8. The summed E-state index contributed by atoms with van der Waals surface area (Å²) in [5, 5.41) is 0. The Labute approximate surface area is 81.2 Å². The highest BCUT2D eigenvalue weighted by atomic mass is 19.4. The molecule has 0 rings (SSSR count). The van der Waals surface area contributed by atoms with E-state index in [1.807, 2.05) is 0 Å². The predicted molar refractivity (Wildman–Crippen MR) is 37.3 cm³/mol. The van der Waals surface area contributed by atoms with Gasteiger partial charge in [-0.25, -0.2) is 0 Å². The van der Waals surface area contributed by atoms with Crippen LogP contribution in [0.1, 0.15) is 12.8 Å². The number of hydrogen-bond acceptors (Lipinski definition) is 3. The predicted octanol–water partition coefficient (Wildman–Crippen LogP) is 1.71. The molecule has 0 aromatic heterocycles. The van der Waals surface area contributed by atoms with Crippen LogP contribution >= 0.6 is 0 Å². The second-order valence-electron chi connectivity index (χ2n) is 2.67. The Hall–Kier alpha value is -1.21. The summed E-state index contributed by atoms with van der Waals surface area (Å²) in [5.41, 5.74) is 0. The summed E-state index contributed by atoms with van der Waals surface area (Å²) in [6.07, 6.45) is -8.94. The van der Waals surface area contributed by atoms with E-state index in [1.165, 1.54) is 0 Å². The fourth-order valence-electron chi connectivity index (χ4n) is 0.644. The van der Waals surface area contributed by atoms with Crippen LogP contribution in [0.2, 0.25) is 0 Å². The van der Waals surface area contributed by atoms with Crippen LogP contribution in [0.15, 0.2) is 0 Å². The lowest BCUT2D eigenvalue weighted by Gasteiger charge is -2.18. The van der Waals surface area contributed by atoms with Crippen LogP contribution in [0.3, 0.4) is 0 Å². The molecule has 0 aliphatic carbocycles. The van der Waals surface area contributed by atoms with Gasteiger partial charge in [0.2, 0.25) is 0 Å². The highest BCUT2D eigenvalue weighted by Gasteiger charge is 2.58. The number of Topliss-reactive ketones (excluding diaryl/α,β-unsaturated/α-hetero) is 1. The molecule has 0 aliphatic heterocycles. The number of hydrogen-bond donors (Lipinski definition) is 0. The Bertz CT molecular complexity index is 258. The zero-order valence-corrected chi connectivity index (χ0v) is 7.53. The first-order chi connectivity index (χ1) is 6.60. The molecule has 8 heteroatoms. The molecule has 0 heterocycles. The molecule has 0 radical (unpaired) electrons. The number of rotatable bonds is 4. The molecular formula is C7H7F5O3. The molecule has 0 fully saturated rings. The minimum atomic E-state index is -5.79. The number of carbonyl (C=O) groups is 2. The first-order valence-electron chi connectivity index (χ1n) is 3.63. The zero-order valence-electron chi connectivity index (χ0n) is 7.53. The number of esters is 1. The van der Waals surface area contributed by atoms with E-state index in [0.717, 1.165) is 7.11 Å². The molecule has 0 atom stereocenters. The molecule has 3 nitrogen and oxygen atoms in total. The van der Waals surface area contributed by atoms with Crippen LogP contribution in [0.4, 0.5) is 22.0 Å². The lowest BCUT2D eigenvalue weighted by Crippen LogP contribution is -2.38. The number of alkyl halides is 5. The molecule has 0 spiro atoms. The van der Waals surface area contributed by atoms with Crippen LogP contribution in [0.25, 0.3) is 0 Å². The highest BCUT2D eigenvalue weighted by molar-refractivity contribution is 5.95. The maximum atomic E-state index is 12.2. The van der Waals surface area contributed by atoms with Crippen molar-refractivity contribution in [1.29, 1.82) is 0 Å². The lowest BCUT2D eigenvalue weighted by molar-refractivity contribution is -0.281. The second-order valence-corrected chi connectivity index (χ2v) is 2.67. The Morgan fingerprint density at radius 1 is 1.13 bits per heavy atom. The smallest absolute Gasteiger partial charge is 0.453 e. The van der Waals surface area contributed by atoms with Gasteiger partial charge in [0.05, 0.1) is 13.5 Å². The molecule has 0 unspecified atom stereocenters. The molecule has 0 aromatic carbocycles. The third-order valence-corrected chi connectivity index (χ3v) is 1.40. The lowest BCUT2D eigenvalue weighted by atomic mass is 10.1. The van der Waals surface area contributed by atoms with Gasteiger partial charge in [0.1, 0.15) is 12.2 Å². The summed E-state index contributed by atoms with van der Waals surface area (Å²) in [5.74, 6) is -7.79. The van der Waals surface area contributed by atoms with Crippen molar-refractivity contribution in [2.24, 2.45) is 0 Å². The van der Waals surface area contributed by atoms with E-state index in [4.69, 9.17) is 0 Å². The third kappa shape index (κ3) is 4.22. The van der Waals surface area contributed by atoms with E-state index in [1.54, 1.807) is 0 Å². The summed E-state index contributed by atoms with van der Waals surface area (Å²) in [6, 6.07) is 0. The number of methoxy groups -OCH3 is 1. The molecule has 0 saturated heterocycles. The quantitative estimate of drug-likeness (QED) is 0.422. The number of ether oxygens (including phenoxy) is 1. The summed E-state index contributed by atoms with van der Waals surface area (Å²) < 4.78 is 63.2. The number of ketones is 1. The van der Waals surface area contributed by atoms with E-state index in [-0.39, 0.29) is 0 Å². The summed E-state index contributed by atoms with van der Waals surface area (Å²) >= 11 is 0. The summed E-state index contributed by atoms with van der Waals surface area (Å²) in [4.78, 5) is 21.0. The fraction of sp³-hybridized carbons (Fsp3) is 0.714. The van der Waals surface area contributed by atoms with Gasteiger partial charge in [0.15, 0.2) is 0 Å². The molecule has 88 valence electrons. The molecular weight excluding hydrogens is 227 g/mol. The van der Waals surface area contributed by atoms with Gasteiger partial charge in [0, 0.05) is 0 Å². The molecule has 0 aliphatic rings. The average molecular weight is 234 g/mol. The topological polar surface area (TPSA) is 43.4 Å². The first-order valence-corrected chi connectivity index (χ1v) is 3.63. The van der Waals surface area contributed by atoms with Gasteiger partial charge in [-0.1, -0.05) is 0 Å². The van der Waals surface area contributed by atoms with E-state index in [9.17, 15) is 31.5 Å². The molecule has 0 saturated carbocycles. The maximum Gasteiger partial charge on any atom is 0.453 e. The third-order valence-electron chi connectivity index (χ3n) is 1.40. The Balaban J connectivity index is 4.35. The van der Waals surface area contributed by atoms with Crippen LogP contribution in [0, 0.1) is 0 Å². The van der Waals surface area contributed by atoms with Crippen molar-refractivity contribution in [1.82, 2.24) is 0 Å². The van der Waals surface area contributed by atoms with Gasteiger partial charge >= 0.3 is 18.1 Å². The fourth-order valence-corrected chi connectivity index (χ4v) is 0.644. The van der Waals surface area contributed by atoms with Gasteiger partial charge in [-0.05, 0) is 0 Å². The van der Waals surface area contributed by atoms with Gasteiger partial charge in [-0.2, -0.15) is 22.0 Å². The minimum Gasteiger partial charge on any atom is -0.469 e. The SMILES string of the molecule is COC(=O)CC(=O)CC(F)(F)C(F)(F)F. The van der Waals surface area contributed by atoms with E-state index in [0.29, 0.717) is 0 Å². The minimum absolute atomic E-state index is 0.886. The number of carbonyl (C=O) groups excluding carboxylic acids is 2. The van der Waals surface area contributed by atoms with Gasteiger partial charge in [0.25, 0.3) is 0 Å². The normalized spacial score (nSPS) is 12.4. The van der Waals surface area contributed by atoms with Gasteiger partial charge in [-0.15, -0.1) is 0 Å². The van der Waals surface area contributed by atoms with Crippen LogP contribution in [0.5, 0.6) is 0 Å². The Morgan fingerprint density at radius 2 is 1.60 bits per heavy atom. The molecule has 0 bridgehead atoms. The summed E-state index contributed by atoms with van der Waals surface area (Å²) in [6.45, 7) is 0. The van der Waals surface area contributed by atoms with Crippen molar-refractivity contribution in [3.8, 4) is 0 Å². The standard InChI is InChI=1S/C7H7F5O3/c1-15-5(14)2-4(13)3-6(8,9)7(10,11)12/h2-3H2,1H3. The number of halogens is 5. The van der Waals surface area contributed by atoms with Crippen molar-refractivity contribution in [3.05, 3.63) is 0 Å². The maximum absolute atomic E-state index is 12.2. The Kier molecular flexibility index (Phi) is 4.17. The summed E-state index contributed by atoms with van der Waals surface area (Å²) in [7, 11) is 0.886. The van der Waals surface area contributed by atoms with Crippen LogP contribution in [-0.4, -0.2) is 31.0 Å². The van der Waals surface area contributed by atoms with Crippen molar-refractivity contribution >= 4 is 11.8 Å². The van der Waals surface area contributed by atoms with Crippen LogP contribution < -0.4 is 0 Å². The average Bonchev–Trinajstić information content (AvgIpc) is 2.00. The monoisotopic (exact) mass is 234 g/mol. The van der Waals surface area contributed by atoms with E-state index in [2.05, 4.69) is 4.74 Å². The largest absolute Gasteiger partial charge is 0.469 e. The molecule has 15 heavy (non-hydrogen) atoms. The van der Waals surface area contributed by atoms with E-state index < -0.39 is 36.7 Å². The van der Waals surface area contributed by atoms with Crippen molar-refractivity contribution in [2.45, 2.75) is 24.9 Å². The zero-order chi connectivity index (χ0) is 12.3. The Morgan fingerprint density at radius 3 is 1.93 bits per heavy atom. The highest BCUT2D eigenvalue weighted by Crippen LogP contribution is 2.38. The molecule has 0 aromatic rings. The van der Waals surface area contributed by atoms with Gasteiger partial charge in [-0.3, -0.25) is 9.59 Å². The van der Waals surface area contributed by atoms with Crippen LogP contribution in [-0.2, 0) is 14.3 Å². The van der Waals surface area contributed by atoms with Crippen molar-refractivity contribution in [3.63, 3.8) is 0 Å². The van der Waals surface area contributed by atoms with Crippen molar-refractivity contribution in [2.75, 3.05) is 7.11 Å². The molecule has 0 N–H and O–H groups in total. The molecule has 0 amide bonds. The van der Waals surface area contributed by atoms with Crippen molar-refractivity contribution < 1.29 is 36.3 Å². The van der Waals surface area contributed by atoms with Gasteiger partial charge < -0.3 is 4.74 Å². The second kappa shape index (κ2) is 4.54.